The van der Waals surface area contributed by atoms with Gasteiger partial charge in [-0.2, -0.15) is 0 Å². The second kappa shape index (κ2) is 8.45. The van der Waals surface area contributed by atoms with Gasteiger partial charge >= 0.3 is 5.97 Å². The number of rotatable bonds is 6. The van der Waals surface area contributed by atoms with E-state index < -0.39 is 18.2 Å². The zero-order valence-electron chi connectivity index (χ0n) is 17.1. The van der Waals surface area contributed by atoms with Crippen LogP contribution in [0.2, 0.25) is 0 Å². The molecule has 0 aromatic carbocycles. The summed E-state index contributed by atoms with van der Waals surface area (Å²) in [5.74, 6) is 0.940. The molecule has 4 aliphatic rings. The van der Waals surface area contributed by atoms with Gasteiger partial charge in [0.15, 0.2) is 0 Å². The Bertz CT molecular complexity index is 587. The van der Waals surface area contributed by atoms with Crippen LogP contribution in [0, 0.1) is 23.7 Å². The van der Waals surface area contributed by atoms with E-state index in [4.69, 9.17) is 0 Å². The van der Waals surface area contributed by atoms with E-state index in [1.54, 1.807) is 0 Å². The SMILES string of the molecule is CC(C[C@@H](O)/C=C/[C@@H]1[C@H]2CC3CCCC(C(=O)O)N3[C@@H]2C[C@H]1O)C1CCCC1. The molecule has 3 N–H and O–H groups in total. The fraction of sp³-hybridized carbons (Fsp3) is 0.870. The van der Waals surface area contributed by atoms with Gasteiger partial charge in [-0.15, -0.1) is 0 Å². The molecule has 4 rings (SSSR count). The number of carboxylic acid groups (broad SMARTS) is 1. The Morgan fingerprint density at radius 3 is 2.61 bits per heavy atom. The van der Waals surface area contributed by atoms with Crippen molar-refractivity contribution >= 4 is 5.97 Å². The number of aliphatic carboxylic acids is 1. The number of piperidine rings is 1. The summed E-state index contributed by atoms with van der Waals surface area (Å²) in [4.78, 5) is 13.9. The Kier molecular flexibility index (Phi) is 6.15. The molecule has 158 valence electrons. The van der Waals surface area contributed by atoms with Crippen LogP contribution in [0.15, 0.2) is 12.2 Å². The number of carboxylic acids is 1. The third-order valence-corrected chi connectivity index (χ3v) is 8.30. The highest BCUT2D eigenvalue weighted by Crippen LogP contribution is 2.49. The van der Waals surface area contributed by atoms with Crippen molar-refractivity contribution in [2.24, 2.45) is 23.7 Å². The average Bonchev–Trinajstić information content (AvgIpc) is 3.36. The number of aliphatic hydroxyl groups excluding tert-OH is 2. The van der Waals surface area contributed by atoms with Gasteiger partial charge in [-0.05, 0) is 56.3 Å². The number of fused-ring (bicyclic) bond motifs is 3. The lowest BCUT2D eigenvalue weighted by molar-refractivity contribution is -0.146. The molecule has 0 aromatic rings. The first-order chi connectivity index (χ1) is 13.5. The smallest absolute Gasteiger partial charge is 0.320 e. The van der Waals surface area contributed by atoms with Gasteiger partial charge in [0.1, 0.15) is 6.04 Å². The predicted octanol–water partition coefficient (Wildman–Crippen LogP) is 3.20. The van der Waals surface area contributed by atoms with Crippen LogP contribution < -0.4 is 0 Å². The van der Waals surface area contributed by atoms with Crippen molar-refractivity contribution < 1.29 is 20.1 Å². The summed E-state index contributed by atoms with van der Waals surface area (Å²) in [6, 6.07) is 0.132. The van der Waals surface area contributed by atoms with Gasteiger partial charge in [0.05, 0.1) is 12.2 Å². The quantitative estimate of drug-likeness (QED) is 0.606. The molecule has 4 fully saturated rings. The Morgan fingerprint density at radius 1 is 1.14 bits per heavy atom. The molecule has 28 heavy (non-hydrogen) atoms. The molecule has 0 radical (unpaired) electrons. The van der Waals surface area contributed by atoms with Crippen LogP contribution in [0.4, 0.5) is 0 Å². The fourth-order valence-electron chi connectivity index (χ4n) is 6.89. The lowest BCUT2D eigenvalue weighted by Gasteiger charge is -2.38. The summed E-state index contributed by atoms with van der Waals surface area (Å²) < 4.78 is 0. The third-order valence-electron chi connectivity index (χ3n) is 8.30. The lowest BCUT2D eigenvalue weighted by atomic mass is 9.86. The molecule has 5 heteroatoms. The molecule has 2 heterocycles. The summed E-state index contributed by atoms with van der Waals surface area (Å²) in [6.45, 7) is 2.26. The van der Waals surface area contributed by atoms with Crippen molar-refractivity contribution in [3.8, 4) is 0 Å². The van der Waals surface area contributed by atoms with Crippen molar-refractivity contribution in [3.05, 3.63) is 12.2 Å². The number of nitrogens with zero attached hydrogens (tertiary/aromatic N) is 1. The van der Waals surface area contributed by atoms with E-state index in [9.17, 15) is 20.1 Å². The maximum Gasteiger partial charge on any atom is 0.320 e. The van der Waals surface area contributed by atoms with Crippen LogP contribution in [0.5, 0.6) is 0 Å². The molecule has 8 atom stereocenters. The van der Waals surface area contributed by atoms with E-state index >= 15 is 0 Å². The highest BCUT2D eigenvalue weighted by atomic mass is 16.4. The van der Waals surface area contributed by atoms with Crippen molar-refractivity contribution in [3.63, 3.8) is 0 Å². The van der Waals surface area contributed by atoms with Crippen molar-refractivity contribution in [1.29, 1.82) is 0 Å². The van der Waals surface area contributed by atoms with Crippen LogP contribution >= 0.6 is 0 Å². The minimum atomic E-state index is -0.713. The predicted molar refractivity (Wildman–Crippen MR) is 108 cm³/mol. The molecule has 0 spiro atoms. The van der Waals surface area contributed by atoms with E-state index in [2.05, 4.69) is 17.9 Å². The maximum absolute atomic E-state index is 11.7. The fourth-order valence-corrected chi connectivity index (χ4v) is 6.89. The minimum Gasteiger partial charge on any atom is -0.480 e. The molecule has 3 unspecified atom stereocenters. The molecule has 5 nitrogen and oxygen atoms in total. The van der Waals surface area contributed by atoms with E-state index in [-0.39, 0.29) is 18.0 Å². The summed E-state index contributed by atoms with van der Waals surface area (Å²) >= 11 is 0. The highest BCUT2D eigenvalue weighted by molar-refractivity contribution is 5.73. The van der Waals surface area contributed by atoms with Crippen LogP contribution in [-0.4, -0.2) is 56.5 Å². The largest absolute Gasteiger partial charge is 0.480 e. The Hall–Kier alpha value is -0.910. The Morgan fingerprint density at radius 2 is 1.89 bits per heavy atom. The van der Waals surface area contributed by atoms with E-state index in [1.807, 2.05) is 6.08 Å². The topological polar surface area (TPSA) is 81.0 Å². The Balaban J connectivity index is 1.38. The third kappa shape index (κ3) is 3.90. The second-order valence-electron chi connectivity index (χ2n) is 9.94. The standard InChI is InChI=1S/C23H37NO4/c1-14(15-5-2-3-6-15)11-17(25)9-10-18-19-12-16-7-4-8-20(23(27)28)24(16)21(19)13-22(18)26/h9-10,14-22,25-26H,2-8,11-13H2,1H3,(H,27,28)/b10-9+/t14?,16?,17-,18+,19+,20?,21+,22+/m0/s1. The zero-order valence-corrected chi connectivity index (χ0v) is 17.1. The average molecular weight is 392 g/mol. The summed E-state index contributed by atoms with van der Waals surface area (Å²) in [5.41, 5.74) is 0. The zero-order chi connectivity index (χ0) is 19.8. The summed E-state index contributed by atoms with van der Waals surface area (Å²) in [5, 5.41) is 30.8. The van der Waals surface area contributed by atoms with Gasteiger partial charge in [0.25, 0.3) is 0 Å². The van der Waals surface area contributed by atoms with Gasteiger partial charge < -0.3 is 15.3 Å². The number of hydrogen-bond acceptors (Lipinski definition) is 4. The van der Waals surface area contributed by atoms with Gasteiger partial charge in [-0.3, -0.25) is 9.69 Å². The normalized spacial score (nSPS) is 41.2. The second-order valence-corrected chi connectivity index (χ2v) is 9.94. The van der Waals surface area contributed by atoms with Gasteiger partial charge in [-0.1, -0.05) is 44.8 Å². The maximum atomic E-state index is 11.7. The molecule has 0 amide bonds. The number of carbonyl (C=O) groups is 1. The molecule has 2 saturated heterocycles. The minimum absolute atomic E-state index is 0.0430. The molecule has 0 aromatic heterocycles. The number of hydrogen-bond donors (Lipinski definition) is 3. The van der Waals surface area contributed by atoms with E-state index in [1.165, 1.54) is 25.7 Å². The van der Waals surface area contributed by atoms with Crippen molar-refractivity contribution in [2.75, 3.05) is 0 Å². The monoisotopic (exact) mass is 391 g/mol. The van der Waals surface area contributed by atoms with Gasteiger partial charge in [0, 0.05) is 18.0 Å². The molecular formula is C23H37NO4. The summed E-state index contributed by atoms with van der Waals surface area (Å²) in [6.07, 6.45) is 13.6. The first kappa shape index (κ1) is 20.4. The highest BCUT2D eigenvalue weighted by Gasteiger charge is 2.54. The molecule has 2 aliphatic heterocycles. The summed E-state index contributed by atoms with van der Waals surface area (Å²) in [7, 11) is 0. The van der Waals surface area contributed by atoms with Gasteiger partial charge in [-0.25, -0.2) is 0 Å². The van der Waals surface area contributed by atoms with Gasteiger partial charge in [0.2, 0.25) is 0 Å². The van der Waals surface area contributed by atoms with Crippen molar-refractivity contribution in [2.45, 2.75) is 101 Å². The molecule has 2 saturated carbocycles. The molecule has 0 bridgehead atoms. The number of aliphatic hydroxyl groups is 2. The van der Waals surface area contributed by atoms with Crippen LogP contribution in [-0.2, 0) is 4.79 Å². The Labute approximate surface area is 168 Å². The lowest BCUT2D eigenvalue weighted by Crippen LogP contribution is -2.51. The first-order valence-electron chi connectivity index (χ1n) is 11.5. The van der Waals surface area contributed by atoms with Crippen molar-refractivity contribution in [1.82, 2.24) is 4.90 Å². The molecular weight excluding hydrogens is 354 g/mol. The molecule has 2 aliphatic carbocycles. The van der Waals surface area contributed by atoms with Crippen LogP contribution in [0.1, 0.15) is 71.1 Å². The van der Waals surface area contributed by atoms with E-state index in [0.29, 0.717) is 24.3 Å². The van der Waals surface area contributed by atoms with Crippen LogP contribution in [0.25, 0.3) is 0 Å². The first-order valence-corrected chi connectivity index (χ1v) is 11.5. The van der Waals surface area contributed by atoms with E-state index in [0.717, 1.165) is 38.0 Å². The van der Waals surface area contributed by atoms with Crippen LogP contribution in [0.3, 0.4) is 0 Å².